The van der Waals surface area contributed by atoms with Crippen molar-refractivity contribution in [3.8, 4) is 0 Å². The van der Waals surface area contributed by atoms with Crippen LogP contribution in [0, 0.1) is 6.92 Å². The van der Waals surface area contributed by atoms with E-state index in [-0.39, 0.29) is 0 Å². The molecule has 158 valence electrons. The Morgan fingerprint density at radius 3 is 2.77 bits per heavy atom. The average molecular weight is 413 g/mol. The van der Waals surface area contributed by atoms with E-state index >= 15 is 0 Å². The monoisotopic (exact) mass is 412 g/mol. The number of nitrogens with one attached hydrogen (secondary N) is 1. The molecule has 1 aromatic carbocycles. The average Bonchev–Trinajstić information content (AvgIpc) is 3.22. The molecule has 1 N–H and O–H groups in total. The Labute approximate surface area is 183 Å². The summed E-state index contributed by atoms with van der Waals surface area (Å²) in [7, 11) is 0. The summed E-state index contributed by atoms with van der Waals surface area (Å²) >= 11 is 0. The molecule has 6 nitrogen and oxygen atoms in total. The topological polar surface area (TPSA) is 58.4 Å². The first-order chi connectivity index (χ1) is 15.2. The summed E-state index contributed by atoms with van der Waals surface area (Å²) in [6, 6.07) is 20.8. The number of pyridine rings is 2. The van der Waals surface area contributed by atoms with Gasteiger partial charge in [0.05, 0.1) is 17.6 Å². The van der Waals surface area contributed by atoms with E-state index in [2.05, 4.69) is 57.7 Å². The van der Waals surface area contributed by atoms with Crippen LogP contribution in [0.5, 0.6) is 0 Å². The lowest BCUT2D eigenvalue weighted by Crippen LogP contribution is -2.34. The molecule has 0 bridgehead atoms. The van der Waals surface area contributed by atoms with Gasteiger partial charge in [-0.3, -0.25) is 9.88 Å². The SMILES string of the molecule is Cc1cccc(CN2CCC[C@@H](c3nc4ccc(NCc5ccccc5)cn4n3)C2)n1. The van der Waals surface area contributed by atoms with E-state index < -0.39 is 0 Å². The van der Waals surface area contributed by atoms with E-state index in [1.165, 1.54) is 5.56 Å². The lowest BCUT2D eigenvalue weighted by molar-refractivity contribution is 0.194. The zero-order chi connectivity index (χ0) is 21.0. The number of fused-ring (bicyclic) bond motifs is 1. The molecule has 1 aliphatic heterocycles. The first-order valence-electron chi connectivity index (χ1n) is 11.0. The molecule has 4 heterocycles. The second kappa shape index (κ2) is 8.86. The Morgan fingerprint density at radius 2 is 1.90 bits per heavy atom. The van der Waals surface area contributed by atoms with Crippen molar-refractivity contribution in [1.82, 2.24) is 24.5 Å². The number of hydrogen-bond donors (Lipinski definition) is 1. The lowest BCUT2D eigenvalue weighted by Gasteiger charge is -2.31. The number of aromatic nitrogens is 4. The van der Waals surface area contributed by atoms with Gasteiger partial charge in [-0.2, -0.15) is 5.10 Å². The quantitative estimate of drug-likeness (QED) is 0.508. The number of likely N-dealkylation sites (tertiary alicyclic amines) is 1. The van der Waals surface area contributed by atoms with Gasteiger partial charge in [-0.15, -0.1) is 0 Å². The van der Waals surface area contributed by atoms with Crippen LogP contribution < -0.4 is 5.32 Å². The van der Waals surface area contributed by atoms with Crippen LogP contribution in [0.15, 0.2) is 66.9 Å². The minimum absolute atomic E-state index is 0.360. The zero-order valence-electron chi connectivity index (χ0n) is 17.9. The van der Waals surface area contributed by atoms with Gasteiger partial charge in [0.1, 0.15) is 0 Å². The van der Waals surface area contributed by atoms with Gasteiger partial charge in [-0.05, 0) is 56.1 Å². The lowest BCUT2D eigenvalue weighted by atomic mass is 9.97. The molecule has 0 saturated carbocycles. The zero-order valence-corrected chi connectivity index (χ0v) is 17.9. The van der Waals surface area contributed by atoms with Crippen molar-refractivity contribution in [2.75, 3.05) is 18.4 Å². The number of hydrogen-bond acceptors (Lipinski definition) is 5. The van der Waals surface area contributed by atoms with E-state index in [1.807, 2.05) is 35.8 Å². The van der Waals surface area contributed by atoms with Crippen LogP contribution in [0.4, 0.5) is 5.69 Å². The van der Waals surface area contributed by atoms with Crippen LogP contribution in [-0.4, -0.2) is 37.6 Å². The van der Waals surface area contributed by atoms with Gasteiger partial charge < -0.3 is 5.32 Å². The molecule has 1 atom stereocenters. The van der Waals surface area contributed by atoms with Crippen molar-refractivity contribution in [3.05, 3.63) is 89.6 Å². The summed E-state index contributed by atoms with van der Waals surface area (Å²) < 4.78 is 1.91. The maximum Gasteiger partial charge on any atom is 0.156 e. The predicted molar refractivity (Wildman–Crippen MR) is 123 cm³/mol. The number of benzene rings is 1. The fraction of sp³-hybridized carbons (Fsp3) is 0.320. The second-order valence-electron chi connectivity index (χ2n) is 8.37. The first-order valence-corrected chi connectivity index (χ1v) is 11.0. The molecular formula is C25H28N6. The molecule has 4 aromatic rings. The Kier molecular flexibility index (Phi) is 5.63. The Hall–Kier alpha value is -3.25. The van der Waals surface area contributed by atoms with Crippen molar-refractivity contribution < 1.29 is 0 Å². The number of aryl methyl sites for hydroxylation is 1. The van der Waals surface area contributed by atoms with E-state index in [0.29, 0.717) is 5.92 Å². The molecular weight excluding hydrogens is 384 g/mol. The fourth-order valence-electron chi connectivity index (χ4n) is 4.30. The maximum atomic E-state index is 4.83. The van der Waals surface area contributed by atoms with Crippen LogP contribution in [0.3, 0.4) is 0 Å². The highest BCUT2D eigenvalue weighted by molar-refractivity contribution is 5.49. The summed E-state index contributed by atoms with van der Waals surface area (Å²) in [5.41, 5.74) is 5.41. The highest BCUT2D eigenvalue weighted by Crippen LogP contribution is 2.26. The van der Waals surface area contributed by atoms with Crippen molar-refractivity contribution in [2.45, 2.75) is 38.8 Å². The third-order valence-corrected chi connectivity index (χ3v) is 5.89. The molecule has 3 aromatic heterocycles. The summed E-state index contributed by atoms with van der Waals surface area (Å²) in [5.74, 6) is 1.31. The summed E-state index contributed by atoms with van der Waals surface area (Å²) in [5, 5.41) is 8.31. The molecule has 5 rings (SSSR count). The van der Waals surface area contributed by atoms with Crippen LogP contribution in [0.1, 0.15) is 41.5 Å². The molecule has 0 aliphatic carbocycles. The summed E-state index contributed by atoms with van der Waals surface area (Å²) in [6.45, 7) is 5.81. The second-order valence-corrected chi connectivity index (χ2v) is 8.37. The van der Waals surface area contributed by atoms with Crippen LogP contribution in [-0.2, 0) is 13.1 Å². The van der Waals surface area contributed by atoms with Gasteiger partial charge in [0.15, 0.2) is 11.5 Å². The van der Waals surface area contributed by atoms with Crippen molar-refractivity contribution >= 4 is 11.3 Å². The Bertz CT molecular complexity index is 1150. The third kappa shape index (κ3) is 4.75. The van der Waals surface area contributed by atoms with Crippen molar-refractivity contribution in [2.24, 2.45) is 0 Å². The van der Waals surface area contributed by atoms with Gasteiger partial charge in [0.2, 0.25) is 0 Å². The number of anilines is 1. The fourth-order valence-corrected chi connectivity index (χ4v) is 4.30. The predicted octanol–water partition coefficient (Wildman–Crippen LogP) is 4.42. The van der Waals surface area contributed by atoms with Crippen LogP contribution >= 0.6 is 0 Å². The van der Waals surface area contributed by atoms with Crippen LogP contribution in [0.2, 0.25) is 0 Å². The molecule has 1 fully saturated rings. The Balaban J connectivity index is 1.27. The first kappa shape index (κ1) is 19.7. The van der Waals surface area contributed by atoms with Crippen LogP contribution in [0.25, 0.3) is 5.65 Å². The summed E-state index contributed by atoms with van der Waals surface area (Å²) in [4.78, 5) is 12.0. The molecule has 0 unspecified atom stereocenters. The van der Waals surface area contributed by atoms with Gasteiger partial charge in [0, 0.05) is 31.2 Å². The van der Waals surface area contributed by atoms with E-state index in [1.54, 1.807) is 0 Å². The molecule has 31 heavy (non-hydrogen) atoms. The van der Waals surface area contributed by atoms with Gasteiger partial charge >= 0.3 is 0 Å². The standard InChI is InChI=1S/C25H28N6/c1-19-7-5-11-23(27-19)17-30-14-6-10-21(16-30)25-28-24-13-12-22(18-31(24)29-25)26-15-20-8-3-2-4-9-20/h2-5,7-9,11-13,18,21,26H,6,10,14-17H2,1H3/t21-/m1/s1. The smallest absolute Gasteiger partial charge is 0.156 e. The van der Waals surface area contributed by atoms with Gasteiger partial charge in [0.25, 0.3) is 0 Å². The van der Waals surface area contributed by atoms with Crippen molar-refractivity contribution in [3.63, 3.8) is 0 Å². The number of piperidine rings is 1. The molecule has 1 saturated heterocycles. The normalized spacial score (nSPS) is 17.1. The number of nitrogens with zero attached hydrogens (tertiary/aromatic N) is 5. The molecule has 0 spiro atoms. The van der Waals surface area contributed by atoms with Gasteiger partial charge in [-0.1, -0.05) is 36.4 Å². The summed E-state index contributed by atoms with van der Waals surface area (Å²) in [6.07, 6.45) is 4.33. The largest absolute Gasteiger partial charge is 0.380 e. The van der Waals surface area contributed by atoms with Crippen molar-refractivity contribution in [1.29, 1.82) is 0 Å². The van der Waals surface area contributed by atoms with E-state index in [4.69, 9.17) is 10.1 Å². The molecule has 0 radical (unpaired) electrons. The number of rotatable bonds is 6. The molecule has 6 heteroatoms. The minimum atomic E-state index is 0.360. The van der Waals surface area contributed by atoms with E-state index in [0.717, 1.165) is 67.6 Å². The molecule has 0 amide bonds. The third-order valence-electron chi connectivity index (χ3n) is 5.89. The Morgan fingerprint density at radius 1 is 1.00 bits per heavy atom. The minimum Gasteiger partial charge on any atom is -0.380 e. The molecule has 1 aliphatic rings. The maximum absolute atomic E-state index is 4.83. The van der Waals surface area contributed by atoms with Gasteiger partial charge in [-0.25, -0.2) is 9.50 Å². The highest BCUT2D eigenvalue weighted by Gasteiger charge is 2.25. The highest BCUT2D eigenvalue weighted by atomic mass is 15.3. The van der Waals surface area contributed by atoms with E-state index in [9.17, 15) is 0 Å².